The van der Waals surface area contributed by atoms with E-state index in [0.717, 1.165) is 18.7 Å². The van der Waals surface area contributed by atoms with Crippen molar-refractivity contribution in [3.05, 3.63) is 58.4 Å². The summed E-state index contributed by atoms with van der Waals surface area (Å²) >= 11 is 0. The van der Waals surface area contributed by atoms with Gasteiger partial charge in [-0.25, -0.2) is 0 Å². The van der Waals surface area contributed by atoms with E-state index in [1.165, 1.54) is 57.1 Å². The van der Waals surface area contributed by atoms with Crippen molar-refractivity contribution in [2.75, 3.05) is 18.0 Å². The standard InChI is InChI=1S/C30H38N4O/c1-5-7-9-11-19-34(20-12-10-8-6-2)26-16-13-24(14-17-26)15-18-28-27(23-33)29(25(21-31)22-32)35-30(28,3)4/h13-18H,5-12,19-20H2,1-4H3/b18-15+. The minimum absolute atomic E-state index is 0.0688. The Labute approximate surface area is 211 Å². The molecular weight excluding hydrogens is 432 g/mol. The zero-order valence-corrected chi connectivity index (χ0v) is 21.7. The molecule has 2 rings (SSSR count). The predicted octanol–water partition coefficient (Wildman–Crippen LogP) is 7.60. The van der Waals surface area contributed by atoms with Crippen LogP contribution in [0.2, 0.25) is 0 Å². The maximum atomic E-state index is 9.70. The molecule has 0 radical (unpaired) electrons. The second kappa shape index (κ2) is 14.0. The Morgan fingerprint density at radius 2 is 1.43 bits per heavy atom. The van der Waals surface area contributed by atoms with E-state index in [0.29, 0.717) is 5.57 Å². The van der Waals surface area contributed by atoms with Crippen LogP contribution in [0.3, 0.4) is 0 Å². The number of hydrogen-bond acceptors (Lipinski definition) is 5. The Kier molecular flexibility index (Phi) is 11.1. The van der Waals surface area contributed by atoms with Crippen LogP contribution in [0.25, 0.3) is 6.08 Å². The van der Waals surface area contributed by atoms with Crippen molar-refractivity contribution in [3.63, 3.8) is 0 Å². The van der Waals surface area contributed by atoms with E-state index < -0.39 is 5.60 Å². The molecule has 0 aliphatic carbocycles. The highest BCUT2D eigenvalue weighted by atomic mass is 16.5. The zero-order chi connectivity index (χ0) is 25.7. The van der Waals surface area contributed by atoms with Gasteiger partial charge in [-0.3, -0.25) is 0 Å². The highest BCUT2D eigenvalue weighted by Gasteiger charge is 2.38. The maximum absolute atomic E-state index is 9.70. The molecular formula is C30H38N4O. The SMILES string of the molecule is CCCCCCN(CCCCCC)c1ccc(/C=C/C2=C(C#N)C(=C(C#N)C#N)OC2(C)C)cc1. The van der Waals surface area contributed by atoms with E-state index in [1.807, 2.05) is 38.1 Å². The molecule has 1 aliphatic rings. The maximum Gasteiger partial charge on any atom is 0.172 e. The van der Waals surface area contributed by atoms with Crippen molar-refractivity contribution >= 4 is 11.8 Å². The monoisotopic (exact) mass is 470 g/mol. The van der Waals surface area contributed by atoms with Crippen LogP contribution in [0.15, 0.2) is 52.8 Å². The number of nitrogens with zero attached hydrogens (tertiary/aromatic N) is 4. The highest BCUT2D eigenvalue weighted by Crippen LogP contribution is 2.40. The molecule has 0 saturated heterocycles. The smallest absolute Gasteiger partial charge is 0.172 e. The van der Waals surface area contributed by atoms with Gasteiger partial charge in [0.05, 0.1) is 0 Å². The molecule has 0 atom stereocenters. The molecule has 0 amide bonds. The van der Waals surface area contributed by atoms with Crippen molar-refractivity contribution in [3.8, 4) is 18.2 Å². The number of ether oxygens (including phenoxy) is 1. The summed E-state index contributed by atoms with van der Waals surface area (Å²) in [7, 11) is 0. The number of allylic oxidation sites excluding steroid dienone is 2. The topological polar surface area (TPSA) is 83.8 Å². The number of unbranched alkanes of at least 4 members (excludes halogenated alkanes) is 6. The van der Waals surface area contributed by atoms with Crippen LogP contribution in [0.1, 0.15) is 84.6 Å². The summed E-state index contributed by atoms with van der Waals surface area (Å²) in [6, 6.07) is 14.3. The quantitative estimate of drug-likeness (QED) is 0.219. The summed E-state index contributed by atoms with van der Waals surface area (Å²) in [5.41, 5.74) is 2.19. The lowest BCUT2D eigenvalue weighted by Gasteiger charge is -2.25. The molecule has 0 fully saturated rings. The molecule has 0 saturated carbocycles. The largest absolute Gasteiger partial charge is 0.480 e. The second-order valence-electron chi connectivity index (χ2n) is 9.47. The van der Waals surface area contributed by atoms with Gasteiger partial charge >= 0.3 is 0 Å². The number of rotatable bonds is 13. The van der Waals surface area contributed by atoms with E-state index in [9.17, 15) is 15.8 Å². The first-order valence-electron chi connectivity index (χ1n) is 12.8. The third-order valence-corrected chi connectivity index (χ3v) is 6.33. The Balaban J connectivity index is 2.22. The van der Waals surface area contributed by atoms with Gasteiger partial charge in [-0.05, 0) is 44.4 Å². The number of benzene rings is 1. The minimum atomic E-state index is -0.802. The van der Waals surface area contributed by atoms with E-state index >= 15 is 0 Å². The lowest BCUT2D eigenvalue weighted by atomic mass is 9.94. The molecule has 1 heterocycles. The second-order valence-corrected chi connectivity index (χ2v) is 9.47. The van der Waals surface area contributed by atoms with Crippen molar-refractivity contribution in [1.29, 1.82) is 15.8 Å². The summed E-state index contributed by atoms with van der Waals surface area (Å²) in [5, 5.41) is 28.2. The van der Waals surface area contributed by atoms with Gasteiger partial charge < -0.3 is 9.64 Å². The average Bonchev–Trinajstić information content (AvgIpc) is 3.12. The van der Waals surface area contributed by atoms with Gasteiger partial charge in [-0.1, -0.05) is 76.7 Å². The lowest BCUT2D eigenvalue weighted by Crippen LogP contribution is -2.25. The van der Waals surface area contributed by atoms with Crippen LogP contribution >= 0.6 is 0 Å². The van der Waals surface area contributed by atoms with Gasteiger partial charge in [0.2, 0.25) is 0 Å². The molecule has 0 spiro atoms. The van der Waals surface area contributed by atoms with Crippen molar-refractivity contribution in [1.82, 2.24) is 0 Å². The zero-order valence-electron chi connectivity index (χ0n) is 21.7. The van der Waals surface area contributed by atoms with Crippen molar-refractivity contribution in [2.45, 2.75) is 84.7 Å². The first-order chi connectivity index (χ1) is 16.9. The highest BCUT2D eigenvalue weighted by molar-refractivity contribution is 5.65. The van der Waals surface area contributed by atoms with Crippen molar-refractivity contribution < 1.29 is 4.74 Å². The fourth-order valence-electron chi connectivity index (χ4n) is 4.29. The number of nitriles is 3. The van der Waals surface area contributed by atoms with Gasteiger partial charge in [-0.2, -0.15) is 15.8 Å². The Bertz CT molecular complexity index is 1030. The van der Waals surface area contributed by atoms with Gasteiger partial charge in [-0.15, -0.1) is 0 Å². The average molecular weight is 471 g/mol. The molecule has 184 valence electrons. The van der Waals surface area contributed by atoms with Gasteiger partial charge in [0.1, 0.15) is 29.4 Å². The Hall–Kier alpha value is -3.49. The fourth-order valence-corrected chi connectivity index (χ4v) is 4.29. The fraction of sp³-hybridized carbons (Fsp3) is 0.500. The Morgan fingerprint density at radius 1 is 0.857 bits per heavy atom. The summed E-state index contributed by atoms with van der Waals surface area (Å²) in [5.74, 6) is 0.0688. The number of anilines is 1. The summed E-state index contributed by atoms with van der Waals surface area (Å²) in [6.07, 6.45) is 13.9. The van der Waals surface area contributed by atoms with E-state index in [4.69, 9.17) is 4.74 Å². The van der Waals surface area contributed by atoms with E-state index in [-0.39, 0.29) is 16.9 Å². The molecule has 5 heteroatoms. The molecule has 0 unspecified atom stereocenters. The van der Waals surface area contributed by atoms with Crippen molar-refractivity contribution in [2.24, 2.45) is 0 Å². The summed E-state index contributed by atoms with van der Waals surface area (Å²) in [4.78, 5) is 2.51. The molecule has 0 N–H and O–H groups in total. The van der Waals surface area contributed by atoms with Crippen LogP contribution in [-0.4, -0.2) is 18.7 Å². The number of hydrogen-bond donors (Lipinski definition) is 0. The summed E-state index contributed by atoms with van der Waals surface area (Å²) in [6.45, 7) is 10.3. The molecule has 5 nitrogen and oxygen atoms in total. The lowest BCUT2D eigenvalue weighted by molar-refractivity contribution is 0.0954. The first-order valence-corrected chi connectivity index (χ1v) is 12.8. The third kappa shape index (κ3) is 7.77. The normalized spacial score (nSPS) is 14.4. The summed E-state index contributed by atoms with van der Waals surface area (Å²) < 4.78 is 5.84. The third-order valence-electron chi connectivity index (χ3n) is 6.33. The van der Waals surface area contributed by atoms with Gasteiger partial charge in [0, 0.05) is 24.4 Å². The molecule has 1 aromatic rings. The van der Waals surface area contributed by atoms with E-state index in [1.54, 1.807) is 0 Å². The molecule has 1 aromatic carbocycles. The van der Waals surface area contributed by atoms with Gasteiger partial charge in [0.15, 0.2) is 11.3 Å². The molecule has 35 heavy (non-hydrogen) atoms. The molecule has 1 aliphatic heterocycles. The molecule has 0 aromatic heterocycles. The van der Waals surface area contributed by atoms with E-state index in [2.05, 4.69) is 49.1 Å². The van der Waals surface area contributed by atoms with Crippen LogP contribution in [0.4, 0.5) is 5.69 Å². The molecule has 0 bridgehead atoms. The van der Waals surface area contributed by atoms with Crippen LogP contribution < -0.4 is 4.90 Å². The minimum Gasteiger partial charge on any atom is -0.480 e. The van der Waals surface area contributed by atoms with Crippen LogP contribution in [-0.2, 0) is 4.74 Å². The first kappa shape index (κ1) is 27.8. The Morgan fingerprint density at radius 3 is 1.91 bits per heavy atom. The van der Waals surface area contributed by atoms with Crippen LogP contribution in [0, 0.1) is 34.0 Å². The predicted molar refractivity (Wildman–Crippen MR) is 142 cm³/mol. The van der Waals surface area contributed by atoms with Gasteiger partial charge in [0.25, 0.3) is 0 Å². The van der Waals surface area contributed by atoms with Crippen LogP contribution in [0.5, 0.6) is 0 Å².